The van der Waals surface area contributed by atoms with Crippen LogP contribution in [0.25, 0.3) is 0 Å². The molecule has 0 radical (unpaired) electrons. The summed E-state index contributed by atoms with van der Waals surface area (Å²) in [5.74, 6) is 1.05. The number of hydrogen-bond donors (Lipinski definition) is 0. The van der Waals surface area contributed by atoms with Crippen molar-refractivity contribution < 1.29 is 4.74 Å². The van der Waals surface area contributed by atoms with Crippen molar-refractivity contribution >= 4 is 21.6 Å². The molecule has 4 heteroatoms. The van der Waals surface area contributed by atoms with Gasteiger partial charge in [0.2, 0.25) is 0 Å². The summed E-state index contributed by atoms with van der Waals surface area (Å²) < 4.78 is 7.69. The smallest absolute Gasteiger partial charge is 0.198 e. The van der Waals surface area contributed by atoms with Crippen LogP contribution in [-0.4, -0.2) is 16.4 Å². The van der Waals surface area contributed by atoms with Gasteiger partial charge in [-0.25, -0.2) is 5.01 Å². The van der Waals surface area contributed by atoms with E-state index in [2.05, 4.69) is 69.5 Å². The largest absolute Gasteiger partial charge is 0.466 e. The average molecular weight is 397 g/mol. The van der Waals surface area contributed by atoms with Crippen LogP contribution in [0, 0.1) is 0 Å². The minimum absolute atomic E-state index is 0.256. The van der Waals surface area contributed by atoms with E-state index in [1.54, 1.807) is 0 Å². The van der Waals surface area contributed by atoms with E-state index in [9.17, 15) is 0 Å². The molecule has 0 aromatic heterocycles. The second-order valence-corrected chi connectivity index (χ2v) is 8.18. The Kier molecular flexibility index (Phi) is 3.63. The first-order valence-corrected chi connectivity index (χ1v) is 9.95. The standard InChI is InChI=1S/C21H21BrN2O/c22-16-10-8-15(9-11-16)18-14-19-17-6-2-3-7-20(17)25-21(24(19)23-18)12-4-1-5-13-21/h2-3,6-11,19H,1,4-5,12-14H2/t19-/m0/s1. The summed E-state index contributed by atoms with van der Waals surface area (Å²) in [5.41, 5.74) is 3.40. The zero-order valence-electron chi connectivity index (χ0n) is 14.1. The van der Waals surface area contributed by atoms with Crippen LogP contribution in [0.5, 0.6) is 5.75 Å². The molecule has 128 valence electrons. The maximum atomic E-state index is 6.59. The Morgan fingerprint density at radius 1 is 1.00 bits per heavy atom. The molecule has 0 saturated heterocycles. The van der Waals surface area contributed by atoms with Crippen LogP contribution in [0.4, 0.5) is 0 Å². The molecule has 2 aromatic rings. The van der Waals surface area contributed by atoms with Crippen LogP contribution in [0.1, 0.15) is 55.7 Å². The summed E-state index contributed by atoms with van der Waals surface area (Å²) in [5, 5.41) is 7.39. The monoisotopic (exact) mass is 396 g/mol. The lowest BCUT2D eigenvalue weighted by Gasteiger charge is -2.49. The topological polar surface area (TPSA) is 24.8 Å². The van der Waals surface area contributed by atoms with Gasteiger partial charge in [-0.3, -0.25) is 0 Å². The van der Waals surface area contributed by atoms with Crippen molar-refractivity contribution in [3.63, 3.8) is 0 Å². The molecular formula is C21H21BrN2O. The van der Waals surface area contributed by atoms with Crippen molar-refractivity contribution in [2.24, 2.45) is 5.10 Å². The van der Waals surface area contributed by atoms with E-state index in [1.807, 2.05) is 0 Å². The molecule has 3 nitrogen and oxygen atoms in total. The van der Waals surface area contributed by atoms with E-state index in [1.165, 1.54) is 36.1 Å². The molecule has 2 aliphatic heterocycles. The van der Waals surface area contributed by atoms with Gasteiger partial charge in [0.15, 0.2) is 5.72 Å². The molecule has 0 amide bonds. The molecule has 3 aliphatic rings. The highest BCUT2D eigenvalue weighted by atomic mass is 79.9. The maximum Gasteiger partial charge on any atom is 0.198 e. The Bertz CT molecular complexity index is 824. The second kappa shape index (κ2) is 5.87. The van der Waals surface area contributed by atoms with Crippen molar-refractivity contribution in [2.75, 3.05) is 0 Å². The fourth-order valence-corrected chi connectivity index (χ4v) is 4.74. The molecule has 1 fully saturated rings. The molecule has 2 aromatic carbocycles. The van der Waals surface area contributed by atoms with Crippen LogP contribution < -0.4 is 4.74 Å². The SMILES string of the molecule is Brc1ccc(C2=NN3[C@@H](C2)c2ccccc2OC32CCCCC2)cc1. The lowest BCUT2D eigenvalue weighted by atomic mass is 9.86. The van der Waals surface area contributed by atoms with Crippen molar-refractivity contribution in [1.29, 1.82) is 0 Å². The Hall–Kier alpha value is -1.81. The number of fused-ring (bicyclic) bond motifs is 4. The molecule has 1 saturated carbocycles. The van der Waals surface area contributed by atoms with Gasteiger partial charge in [-0.2, -0.15) is 5.10 Å². The average Bonchev–Trinajstić information content (AvgIpc) is 3.10. The van der Waals surface area contributed by atoms with Crippen LogP contribution >= 0.6 is 15.9 Å². The second-order valence-electron chi connectivity index (χ2n) is 7.26. The fourth-order valence-electron chi connectivity index (χ4n) is 4.48. The third-order valence-corrected chi connectivity index (χ3v) is 6.25. The molecule has 2 heterocycles. The van der Waals surface area contributed by atoms with Gasteiger partial charge in [-0.05, 0) is 36.6 Å². The third-order valence-electron chi connectivity index (χ3n) is 5.72. The summed E-state index contributed by atoms with van der Waals surface area (Å²) in [6.07, 6.45) is 6.81. The first-order valence-electron chi connectivity index (χ1n) is 9.16. The fraction of sp³-hybridized carbons (Fsp3) is 0.381. The molecule has 1 atom stereocenters. The molecule has 0 bridgehead atoms. The molecule has 0 unspecified atom stereocenters. The molecule has 0 N–H and O–H groups in total. The number of rotatable bonds is 1. The predicted molar refractivity (Wildman–Crippen MR) is 103 cm³/mol. The van der Waals surface area contributed by atoms with Crippen LogP contribution in [0.2, 0.25) is 0 Å². The van der Waals surface area contributed by atoms with Gasteiger partial charge in [0.05, 0.1) is 11.8 Å². The number of para-hydroxylation sites is 1. The molecule has 1 spiro atoms. The van der Waals surface area contributed by atoms with Gasteiger partial charge < -0.3 is 4.74 Å². The van der Waals surface area contributed by atoms with Gasteiger partial charge >= 0.3 is 0 Å². The summed E-state index contributed by atoms with van der Waals surface area (Å²) in [7, 11) is 0. The van der Waals surface area contributed by atoms with E-state index in [4.69, 9.17) is 9.84 Å². The van der Waals surface area contributed by atoms with Gasteiger partial charge in [-0.15, -0.1) is 0 Å². The van der Waals surface area contributed by atoms with Crippen LogP contribution in [0.3, 0.4) is 0 Å². The van der Waals surface area contributed by atoms with E-state index < -0.39 is 0 Å². The minimum Gasteiger partial charge on any atom is -0.466 e. The van der Waals surface area contributed by atoms with Gasteiger partial charge in [0.25, 0.3) is 0 Å². The number of hydrazone groups is 1. The minimum atomic E-state index is -0.256. The highest BCUT2D eigenvalue weighted by molar-refractivity contribution is 9.10. The number of benzene rings is 2. The van der Waals surface area contributed by atoms with Crippen LogP contribution in [0.15, 0.2) is 58.1 Å². The Labute approximate surface area is 156 Å². The first kappa shape index (κ1) is 15.4. The van der Waals surface area contributed by atoms with E-state index in [-0.39, 0.29) is 5.72 Å². The molecule has 25 heavy (non-hydrogen) atoms. The molecule has 5 rings (SSSR count). The summed E-state index contributed by atoms with van der Waals surface area (Å²) in [6.45, 7) is 0. The maximum absolute atomic E-state index is 6.59. The van der Waals surface area contributed by atoms with Crippen molar-refractivity contribution in [1.82, 2.24) is 5.01 Å². The lowest BCUT2D eigenvalue weighted by Crippen LogP contribution is -2.54. The van der Waals surface area contributed by atoms with Gasteiger partial charge in [0, 0.05) is 29.3 Å². The van der Waals surface area contributed by atoms with Gasteiger partial charge in [0.1, 0.15) is 5.75 Å². The molecule has 1 aliphatic carbocycles. The molecular weight excluding hydrogens is 376 g/mol. The lowest BCUT2D eigenvalue weighted by molar-refractivity contribution is -0.140. The number of halogens is 1. The summed E-state index contributed by atoms with van der Waals surface area (Å²) in [4.78, 5) is 0. The zero-order valence-corrected chi connectivity index (χ0v) is 15.7. The predicted octanol–water partition coefficient (Wildman–Crippen LogP) is 5.65. The number of nitrogens with zero attached hydrogens (tertiary/aromatic N) is 2. The highest BCUT2D eigenvalue weighted by Gasteiger charge is 2.50. The first-order chi connectivity index (χ1) is 12.3. The third kappa shape index (κ3) is 2.50. The van der Waals surface area contributed by atoms with Crippen LogP contribution in [-0.2, 0) is 0 Å². The van der Waals surface area contributed by atoms with Crippen molar-refractivity contribution in [2.45, 2.75) is 50.3 Å². The normalized spacial score (nSPS) is 23.6. The van der Waals surface area contributed by atoms with Gasteiger partial charge in [-0.1, -0.05) is 52.7 Å². The van der Waals surface area contributed by atoms with E-state index in [0.717, 1.165) is 29.5 Å². The number of ether oxygens (including phenoxy) is 1. The van der Waals surface area contributed by atoms with E-state index >= 15 is 0 Å². The van der Waals surface area contributed by atoms with E-state index in [0.29, 0.717) is 6.04 Å². The summed E-state index contributed by atoms with van der Waals surface area (Å²) in [6, 6.07) is 17.3. The van der Waals surface area contributed by atoms with Crippen molar-refractivity contribution in [3.8, 4) is 5.75 Å². The Morgan fingerprint density at radius 3 is 2.56 bits per heavy atom. The zero-order chi connectivity index (χ0) is 16.9. The Balaban J connectivity index is 1.59. The quantitative estimate of drug-likeness (QED) is 0.621. The number of hydrogen-bond acceptors (Lipinski definition) is 3. The van der Waals surface area contributed by atoms with Crippen molar-refractivity contribution in [3.05, 3.63) is 64.1 Å². The highest BCUT2D eigenvalue weighted by Crippen LogP contribution is 2.51. The Morgan fingerprint density at radius 2 is 1.76 bits per heavy atom. The summed E-state index contributed by atoms with van der Waals surface area (Å²) >= 11 is 3.52.